The van der Waals surface area contributed by atoms with Crippen molar-refractivity contribution in [3.8, 4) is 0 Å². The van der Waals surface area contributed by atoms with Gasteiger partial charge in [0.1, 0.15) is 11.4 Å². The molecule has 15 heteroatoms. The molecule has 1 saturated heterocycles. The Balaban J connectivity index is 0.00000241. The quantitative estimate of drug-likeness (QED) is 0.162. The fourth-order valence-electron chi connectivity index (χ4n) is 4.34. The Kier molecular flexibility index (Phi) is 12.2. The van der Waals surface area contributed by atoms with Gasteiger partial charge in [0, 0.05) is 12.2 Å². The minimum atomic E-state index is -1.63. The summed E-state index contributed by atoms with van der Waals surface area (Å²) in [5.41, 5.74) is -0.0712. The summed E-state index contributed by atoms with van der Waals surface area (Å²) in [4.78, 5) is 74.6. The second-order valence-electron chi connectivity index (χ2n) is 8.11. The van der Waals surface area contributed by atoms with E-state index in [1.54, 1.807) is 12.1 Å². The molecule has 0 aliphatic carbocycles. The fourth-order valence-corrected chi connectivity index (χ4v) is 5.67. The van der Waals surface area contributed by atoms with Crippen LogP contribution in [0.1, 0.15) is 40.0 Å². The molecule has 1 fully saturated rings. The van der Waals surface area contributed by atoms with Crippen LogP contribution in [0.5, 0.6) is 0 Å². The number of nitrogens with zero attached hydrogens (tertiary/aromatic N) is 2. The Bertz CT molecular complexity index is 1160. The minimum absolute atomic E-state index is 0. The van der Waals surface area contributed by atoms with Gasteiger partial charge in [-0.15, -0.1) is 11.8 Å². The molecule has 0 saturated carbocycles. The van der Waals surface area contributed by atoms with Crippen molar-refractivity contribution in [2.75, 3.05) is 12.4 Å². The largest absolute Gasteiger partial charge is 1.00 e. The molecule has 0 aromatic heterocycles. The molecule has 2 N–H and O–H groups in total. The summed E-state index contributed by atoms with van der Waals surface area (Å²) in [5, 5.41) is 34.2. The van der Waals surface area contributed by atoms with Crippen LogP contribution in [0.15, 0.2) is 35.5 Å². The Labute approximate surface area is 300 Å². The number of carbonyl (C=O) groups is 6. The van der Waals surface area contributed by atoms with Crippen LogP contribution in [0.4, 0.5) is 0 Å². The number of hydrogen-bond donors (Lipinski definition) is 2. The summed E-state index contributed by atoms with van der Waals surface area (Å²) >= 11 is 1.18. The van der Waals surface area contributed by atoms with Crippen LogP contribution in [-0.4, -0.2) is 80.3 Å². The van der Waals surface area contributed by atoms with E-state index in [9.17, 15) is 44.1 Å². The average Bonchev–Trinajstić information content (AvgIpc) is 3.08. The van der Waals surface area contributed by atoms with Crippen molar-refractivity contribution in [3.63, 3.8) is 0 Å². The van der Waals surface area contributed by atoms with E-state index < -0.39 is 65.3 Å². The van der Waals surface area contributed by atoms with Gasteiger partial charge in [0.25, 0.3) is 17.7 Å². The predicted octanol–water partition coefficient (Wildman–Crippen LogP) is -9.02. The molecule has 4 rings (SSSR count). The molecule has 184 valence electrons. The average molecular weight is 580 g/mol. The second kappa shape index (κ2) is 13.8. The van der Waals surface area contributed by atoms with E-state index in [1.807, 2.05) is 0 Å². The van der Waals surface area contributed by atoms with E-state index in [0.29, 0.717) is 4.90 Å². The molecule has 3 aliphatic rings. The third-order valence-electron chi connectivity index (χ3n) is 6.04. The maximum Gasteiger partial charge on any atom is 1.00 e. The first-order valence-corrected chi connectivity index (χ1v) is 11.7. The van der Waals surface area contributed by atoms with Gasteiger partial charge in [-0.3, -0.25) is 29.0 Å². The zero-order valence-electron chi connectivity index (χ0n) is 20.1. The molecule has 0 radical (unpaired) electrons. The van der Waals surface area contributed by atoms with Crippen molar-refractivity contribution in [2.24, 2.45) is 0 Å². The number of β-lactam (4-membered cyclic amide) rings is 1. The Morgan fingerprint density at radius 2 is 1.68 bits per heavy atom. The van der Waals surface area contributed by atoms with Gasteiger partial charge in [-0.1, -0.05) is 12.1 Å². The number of fused-ring (bicyclic) bond motifs is 2. The molecule has 0 spiro atoms. The van der Waals surface area contributed by atoms with E-state index in [4.69, 9.17) is 0 Å². The third-order valence-corrected chi connectivity index (χ3v) is 7.38. The summed E-state index contributed by atoms with van der Waals surface area (Å²) < 4.78 is 0. The van der Waals surface area contributed by atoms with Crippen LogP contribution < -0.4 is 118 Å². The van der Waals surface area contributed by atoms with E-state index >= 15 is 0 Å². The van der Waals surface area contributed by atoms with E-state index in [-0.39, 0.29) is 144 Å². The van der Waals surface area contributed by atoms with Crippen LogP contribution >= 0.6 is 11.8 Å². The Hall–Kier alpha value is -0.437. The number of carboxylic acid groups (broad SMARTS) is 2. The molecule has 3 atom stereocenters. The van der Waals surface area contributed by atoms with Crippen LogP contribution in [0.25, 0.3) is 0 Å². The van der Waals surface area contributed by atoms with Gasteiger partial charge in [0.15, 0.2) is 0 Å². The molecule has 37 heavy (non-hydrogen) atoms. The zero-order chi connectivity index (χ0) is 25.4. The molecule has 12 nitrogen and oxygen atoms in total. The first kappa shape index (κ1) is 32.8. The van der Waals surface area contributed by atoms with Crippen LogP contribution in [0, 0.1) is 0 Å². The summed E-state index contributed by atoms with van der Waals surface area (Å²) in [6.45, 7) is -0.545. The van der Waals surface area contributed by atoms with Crippen molar-refractivity contribution in [1.29, 1.82) is 0 Å². The smallest absolute Gasteiger partial charge is 0.548 e. The Morgan fingerprint density at radius 1 is 1.08 bits per heavy atom. The van der Waals surface area contributed by atoms with Gasteiger partial charge >= 0.3 is 103 Å². The van der Waals surface area contributed by atoms with Gasteiger partial charge in [0.2, 0.25) is 5.91 Å². The number of aliphatic carboxylic acids is 2. The van der Waals surface area contributed by atoms with Crippen LogP contribution in [0.3, 0.4) is 0 Å². The zero-order valence-corrected chi connectivity index (χ0v) is 27.2. The van der Waals surface area contributed by atoms with Crippen molar-refractivity contribution < 1.29 is 147 Å². The number of benzene rings is 1. The maximum absolute atomic E-state index is 12.6. The Morgan fingerprint density at radius 3 is 2.19 bits per heavy atom. The number of rotatable bonds is 9. The number of thioether (sulfide) groups is 1. The fraction of sp³-hybridized carbons (Fsp3) is 0.364. The molecule has 3 heterocycles. The van der Waals surface area contributed by atoms with Gasteiger partial charge in [-0.2, -0.15) is 0 Å². The first-order valence-electron chi connectivity index (χ1n) is 10.6. The maximum atomic E-state index is 12.6. The number of imide groups is 1. The summed E-state index contributed by atoms with van der Waals surface area (Å²) in [6.07, 6.45) is -0.472. The summed E-state index contributed by atoms with van der Waals surface area (Å²) in [7, 11) is 0. The number of hydrogen-bond acceptors (Lipinski definition) is 10. The number of aliphatic hydroxyl groups excluding tert-OH is 1. The number of amides is 4. The minimum Gasteiger partial charge on any atom is -0.548 e. The molecule has 0 bridgehead atoms. The number of carbonyl (C=O) groups excluding carboxylic acids is 6. The van der Waals surface area contributed by atoms with E-state index in [0.717, 1.165) is 4.90 Å². The normalized spacial score (nSPS) is 20.7. The van der Waals surface area contributed by atoms with Gasteiger partial charge in [0.05, 0.1) is 41.4 Å². The topological polar surface area (TPSA) is 187 Å². The molecular weight excluding hydrogens is 561 g/mol. The van der Waals surface area contributed by atoms with Gasteiger partial charge < -0.3 is 30.2 Å². The van der Waals surface area contributed by atoms with Crippen molar-refractivity contribution >= 4 is 47.3 Å². The van der Waals surface area contributed by atoms with Crippen LogP contribution in [0.2, 0.25) is 0 Å². The second-order valence-corrected chi connectivity index (χ2v) is 9.21. The summed E-state index contributed by atoms with van der Waals surface area (Å²) in [6, 6.07) is 3.38. The molecule has 3 aliphatic heterocycles. The SMILES string of the molecule is O=C(CCCC(C(=O)[O-])N1C(=O)c2ccccc2C1=O)N[C@@H]1C(=O)N2C(C(=O)[O-])=C(CO)CS[C@@H]12.[K+].[K+]. The number of nitrogens with one attached hydrogen (secondary N) is 1. The van der Waals surface area contributed by atoms with Gasteiger partial charge in [-0.25, -0.2) is 0 Å². The predicted molar refractivity (Wildman–Crippen MR) is 114 cm³/mol. The number of aliphatic hydroxyl groups is 1. The first-order chi connectivity index (χ1) is 16.7. The molecule has 1 aromatic rings. The van der Waals surface area contributed by atoms with Crippen molar-refractivity contribution in [1.82, 2.24) is 15.1 Å². The molecular formula is C22H19K2N3O9S. The van der Waals surface area contributed by atoms with Gasteiger partial charge in [-0.05, 0) is 30.5 Å². The molecule has 1 aromatic carbocycles. The standard InChI is InChI=1S/C22H21N3O9S.2K/c26-8-10-9-35-20-15(19(30)25(20)16(10)22(33)34)23-14(27)7-3-6-13(21(31)32)24-17(28)11-4-1-2-5-12(11)18(24)29;;/h1-2,4-5,13,15,20,26H,3,6-9H2,(H,23,27)(H,31,32)(H,33,34);;/q;2*+1/p-2/t13?,15-,20+;;/m1../s1. The number of carboxylic acids is 2. The van der Waals surface area contributed by atoms with E-state index in [1.165, 1.54) is 23.9 Å². The van der Waals surface area contributed by atoms with Crippen LogP contribution in [-0.2, 0) is 19.2 Å². The van der Waals surface area contributed by atoms with Crippen molar-refractivity contribution in [3.05, 3.63) is 46.7 Å². The van der Waals surface area contributed by atoms with E-state index in [2.05, 4.69) is 5.32 Å². The van der Waals surface area contributed by atoms with Crippen molar-refractivity contribution in [2.45, 2.75) is 36.7 Å². The molecule has 1 unspecified atom stereocenters. The molecule has 4 amide bonds. The third kappa shape index (κ3) is 6.33. The monoisotopic (exact) mass is 579 g/mol. The summed E-state index contributed by atoms with van der Waals surface area (Å²) in [5.74, 6) is -5.85.